The van der Waals surface area contributed by atoms with Gasteiger partial charge in [0, 0.05) is 11.1 Å². The number of rotatable bonds is 5. The molecule has 138 valence electrons. The van der Waals surface area contributed by atoms with Crippen molar-refractivity contribution in [2.45, 2.75) is 6.61 Å². The van der Waals surface area contributed by atoms with Crippen LogP contribution < -0.4 is 4.74 Å². The third-order valence-electron chi connectivity index (χ3n) is 4.26. The molecule has 4 rings (SSSR count). The van der Waals surface area contributed by atoms with Crippen molar-refractivity contribution < 1.29 is 18.8 Å². The zero-order chi connectivity index (χ0) is 19.3. The molecule has 1 heterocycles. The van der Waals surface area contributed by atoms with Gasteiger partial charge in [0.1, 0.15) is 23.9 Å². The number of carbonyl (C=O) groups is 1. The van der Waals surface area contributed by atoms with Gasteiger partial charge in [-0.05, 0) is 29.8 Å². The van der Waals surface area contributed by atoms with Crippen LogP contribution in [0.25, 0.3) is 6.08 Å². The molecule has 0 bridgehead atoms. The van der Waals surface area contributed by atoms with Crippen LogP contribution in [0.1, 0.15) is 16.7 Å². The summed E-state index contributed by atoms with van der Waals surface area (Å²) in [5.41, 5.74) is 2.89. The first-order chi connectivity index (χ1) is 13.7. The summed E-state index contributed by atoms with van der Waals surface area (Å²) < 4.78 is 19.4. The number of benzene rings is 3. The lowest BCUT2D eigenvalue weighted by Crippen LogP contribution is -2.06. The molecule has 0 saturated heterocycles. The van der Waals surface area contributed by atoms with Crippen molar-refractivity contribution in [3.8, 4) is 5.75 Å². The minimum Gasteiger partial charge on any atom is -0.489 e. The SMILES string of the molecule is O=C1ON=C(c2ccccc2)/C1=C\c1cccc(OCc2ccccc2F)c1. The Labute approximate surface area is 161 Å². The highest BCUT2D eigenvalue weighted by atomic mass is 19.1. The molecule has 3 aromatic carbocycles. The van der Waals surface area contributed by atoms with Crippen LogP contribution in [0.4, 0.5) is 4.39 Å². The molecule has 1 aliphatic rings. The minimum atomic E-state index is -0.503. The van der Waals surface area contributed by atoms with Gasteiger partial charge < -0.3 is 9.57 Å². The Morgan fingerprint density at radius 2 is 1.75 bits per heavy atom. The lowest BCUT2D eigenvalue weighted by molar-refractivity contribution is -0.136. The van der Waals surface area contributed by atoms with Crippen molar-refractivity contribution in [3.05, 3.63) is 107 Å². The largest absolute Gasteiger partial charge is 0.489 e. The number of hydrogen-bond acceptors (Lipinski definition) is 4. The van der Waals surface area contributed by atoms with E-state index >= 15 is 0 Å². The summed E-state index contributed by atoms with van der Waals surface area (Å²) in [7, 11) is 0. The molecule has 0 spiro atoms. The van der Waals surface area contributed by atoms with E-state index in [1.807, 2.05) is 42.5 Å². The third-order valence-corrected chi connectivity index (χ3v) is 4.26. The van der Waals surface area contributed by atoms with Gasteiger partial charge in [0.15, 0.2) is 0 Å². The van der Waals surface area contributed by atoms with E-state index in [1.165, 1.54) is 6.07 Å². The zero-order valence-electron chi connectivity index (χ0n) is 14.8. The van der Waals surface area contributed by atoms with Crippen molar-refractivity contribution >= 4 is 17.8 Å². The Balaban J connectivity index is 1.56. The Bertz CT molecular complexity index is 1070. The number of ether oxygens (including phenoxy) is 1. The minimum absolute atomic E-state index is 0.117. The summed E-state index contributed by atoms with van der Waals surface area (Å²) in [4.78, 5) is 17.0. The molecule has 0 unspecified atom stereocenters. The standard InChI is InChI=1S/C23H16FNO3/c24-21-12-5-4-10-18(21)15-27-19-11-6-7-16(13-19)14-20-22(25-28-23(20)26)17-8-2-1-3-9-17/h1-14H,15H2/b20-14+. The summed E-state index contributed by atoms with van der Waals surface area (Å²) in [6.45, 7) is 0.117. The highest BCUT2D eigenvalue weighted by Crippen LogP contribution is 2.23. The maximum atomic E-state index is 13.7. The van der Waals surface area contributed by atoms with Gasteiger partial charge in [0.2, 0.25) is 0 Å². The van der Waals surface area contributed by atoms with E-state index in [0.717, 1.165) is 11.1 Å². The van der Waals surface area contributed by atoms with Crippen LogP contribution in [0.15, 0.2) is 89.6 Å². The van der Waals surface area contributed by atoms with Gasteiger partial charge in [0.25, 0.3) is 0 Å². The molecule has 4 nitrogen and oxygen atoms in total. The second-order valence-electron chi connectivity index (χ2n) is 6.20. The third kappa shape index (κ3) is 3.83. The fourth-order valence-corrected chi connectivity index (χ4v) is 2.85. The topological polar surface area (TPSA) is 47.9 Å². The zero-order valence-corrected chi connectivity index (χ0v) is 14.8. The van der Waals surface area contributed by atoms with Gasteiger partial charge in [0.05, 0.1) is 5.57 Å². The first-order valence-electron chi connectivity index (χ1n) is 8.74. The van der Waals surface area contributed by atoms with Crippen molar-refractivity contribution in [3.63, 3.8) is 0 Å². The van der Waals surface area contributed by atoms with Crippen molar-refractivity contribution in [2.75, 3.05) is 0 Å². The van der Waals surface area contributed by atoms with Crippen molar-refractivity contribution in [1.82, 2.24) is 0 Å². The first-order valence-corrected chi connectivity index (χ1v) is 8.74. The van der Waals surface area contributed by atoms with Crippen LogP contribution >= 0.6 is 0 Å². The molecular weight excluding hydrogens is 357 g/mol. The van der Waals surface area contributed by atoms with Gasteiger partial charge >= 0.3 is 5.97 Å². The highest BCUT2D eigenvalue weighted by Gasteiger charge is 2.26. The number of carbonyl (C=O) groups excluding carboxylic acids is 1. The monoisotopic (exact) mass is 373 g/mol. The smallest absolute Gasteiger partial charge is 0.368 e. The van der Waals surface area contributed by atoms with E-state index in [2.05, 4.69) is 5.16 Å². The van der Waals surface area contributed by atoms with Gasteiger partial charge in [-0.1, -0.05) is 65.8 Å². The summed E-state index contributed by atoms with van der Waals surface area (Å²) in [5.74, 6) is -0.239. The number of nitrogens with zero attached hydrogens (tertiary/aromatic N) is 1. The quantitative estimate of drug-likeness (QED) is 0.479. The van der Waals surface area contributed by atoms with Crippen LogP contribution in [0, 0.1) is 5.82 Å². The molecular formula is C23H16FNO3. The first kappa shape index (κ1) is 17.7. The Kier molecular flexibility index (Phi) is 4.97. The lowest BCUT2D eigenvalue weighted by Gasteiger charge is -2.08. The second-order valence-corrected chi connectivity index (χ2v) is 6.20. The van der Waals surface area contributed by atoms with Crippen molar-refractivity contribution in [1.29, 1.82) is 0 Å². The van der Waals surface area contributed by atoms with Gasteiger partial charge in [-0.2, -0.15) is 0 Å². The maximum absolute atomic E-state index is 13.7. The summed E-state index contributed by atoms with van der Waals surface area (Å²) in [6.07, 6.45) is 1.71. The molecule has 0 aromatic heterocycles. The van der Waals surface area contributed by atoms with Gasteiger partial charge in [-0.15, -0.1) is 0 Å². The van der Waals surface area contributed by atoms with Crippen molar-refractivity contribution in [2.24, 2.45) is 5.16 Å². The molecule has 28 heavy (non-hydrogen) atoms. The lowest BCUT2D eigenvalue weighted by atomic mass is 10.0. The molecule has 0 aliphatic carbocycles. The van der Waals surface area contributed by atoms with Crippen LogP contribution in [0.5, 0.6) is 5.75 Å². The average Bonchev–Trinajstić information content (AvgIpc) is 3.09. The van der Waals surface area contributed by atoms with E-state index < -0.39 is 5.97 Å². The van der Waals surface area contributed by atoms with Gasteiger partial charge in [-0.3, -0.25) is 0 Å². The van der Waals surface area contributed by atoms with E-state index in [-0.39, 0.29) is 12.4 Å². The predicted octanol–water partition coefficient (Wildman–Crippen LogP) is 4.75. The molecule has 0 N–H and O–H groups in total. The molecule has 0 radical (unpaired) electrons. The number of oxime groups is 1. The molecule has 0 saturated carbocycles. The molecule has 3 aromatic rings. The van der Waals surface area contributed by atoms with Crippen LogP contribution in [-0.2, 0) is 16.2 Å². The van der Waals surface area contributed by atoms with E-state index in [1.54, 1.807) is 36.4 Å². The maximum Gasteiger partial charge on any atom is 0.368 e. The predicted molar refractivity (Wildman–Crippen MR) is 104 cm³/mol. The summed E-state index contributed by atoms with van der Waals surface area (Å²) in [6, 6.07) is 23.0. The van der Waals surface area contributed by atoms with Crippen LogP contribution in [0.2, 0.25) is 0 Å². The van der Waals surface area contributed by atoms with Crippen LogP contribution in [-0.4, -0.2) is 11.7 Å². The fourth-order valence-electron chi connectivity index (χ4n) is 2.85. The Morgan fingerprint density at radius 1 is 0.964 bits per heavy atom. The van der Waals surface area contributed by atoms with E-state index in [0.29, 0.717) is 22.6 Å². The average molecular weight is 373 g/mol. The number of hydrogen-bond donors (Lipinski definition) is 0. The fraction of sp³-hybridized carbons (Fsp3) is 0.0435. The summed E-state index contributed by atoms with van der Waals surface area (Å²) in [5, 5.41) is 3.90. The van der Waals surface area contributed by atoms with Crippen LogP contribution in [0.3, 0.4) is 0 Å². The highest BCUT2D eigenvalue weighted by molar-refractivity contribution is 6.31. The molecule has 0 atom stereocenters. The normalized spacial score (nSPS) is 14.7. The molecule has 0 amide bonds. The number of halogens is 1. The molecule has 1 aliphatic heterocycles. The van der Waals surface area contributed by atoms with E-state index in [9.17, 15) is 9.18 Å². The van der Waals surface area contributed by atoms with Gasteiger partial charge in [-0.25, -0.2) is 9.18 Å². The molecule has 5 heteroatoms. The Hall–Kier alpha value is -3.73. The van der Waals surface area contributed by atoms with E-state index in [4.69, 9.17) is 9.57 Å². The Morgan fingerprint density at radius 3 is 2.57 bits per heavy atom. The summed E-state index contributed by atoms with van der Waals surface area (Å²) >= 11 is 0. The second kappa shape index (κ2) is 7.88. The molecule has 0 fully saturated rings.